The largest absolute Gasteiger partial charge is 0.478 e. The Morgan fingerprint density at radius 1 is 1.50 bits per heavy atom. The molecule has 86 valence electrons. The third-order valence-corrected chi connectivity index (χ3v) is 4.66. The van der Waals surface area contributed by atoms with Crippen molar-refractivity contribution in [3.05, 3.63) is 28.3 Å². The molecule has 1 heterocycles. The van der Waals surface area contributed by atoms with Gasteiger partial charge in [0.05, 0.1) is 10.6 Å². The van der Waals surface area contributed by atoms with E-state index in [1.54, 1.807) is 17.8 Å². The maximum atomic E-state index is 11.0. The van der Waals surface area contributed by atoms with Crippen LogP contribution in [0, 0.1) is 0 Å². The summed E-state index contributed by atoms with van der Waals surface area (Å²) in [7, 11) is 0. The molecule has 1 aliphatic heterocycles. The van der Waals surface area contributed by atoms with Gasteiger partial charge in [-0.1, -0.05) is 31.5 Å². The van der Waals surface area contributed by atoms with E-state index < -0.39 is 5.97 Å². The summed E-state index contributed by atoms with van der Waals surface area (Å²) in [4.78, 5) is 11.9. The van der Waals surface area contributed by atoms with Crippen LogP contribution in [0.5, 0.6) is 0 Å². The first kappa shape index (κ1) is 11.8. The molecule has 16 heavy (non-hydrogen) atoms. The van der Waals surface area contributed by atoms with Crippen LogP contribution in [0.4, 0.5) is 0 Å². The van der Waals surface area contributed by atoms with Crippen molar-refractivity contribution in [2.24, 2.45) is 0 Å². The molecule has 0 amide bonds. The van der Waals surface area contributed by atoms with Gasteiger partial charge >= 0.3 is 5.97 Å². The van der Waals surface area contributed by atoms with Crippen molar-refractivity contribution >= 4 is 29.3 Å². The van der Waals surface area contributed by atoms with Gasteiger partial charge in [0.2, 0.25) is 0 Å². The van der Waals surface area contributed by atoms with Crippen LogP contribution < -0.4 is 0 Å². The molecule has 0 radical (unpaired) electrons. The van der Waals surface area contributed by atoms with Gasteiger partial charge in [-0.15, -0.1) is 11.8 Å². The summed E-state index contributed by atoms with van der Waals surface area (Å²) < 4.78 is 0. The van der Waals surface area contributed by atoms with E-state index in [0.717, 1.165) is 17.1 Å². The first-order valence-corrected chi connectivity index (χ1v) is 6.49. The van der Waals surface area contributed by atoms with Gasteiger partial charge in [0.15, 0.2) is 0 Å². The highest BCUT2D eigenvalue weighted by Gasteiger charge is 2.30. The highest BCUT2D eigenvalue weighted by atomic mass is 35.5. The minimum Gasteiger partial charge on any atom is -0.478 e. The van der Waals surface area contributed by atoms with Gasteiger partial charge in [0, 0.05) is 4.90 Å². The Bertz CT molecular complexity index is 455. The molecule has 1 N–H and O–H groups in total. The fraction of sp³-hybridized carbons (Fsp3) is 0.417. The smallest absolute Gasteiger partial charge is 0.337 e. The Morgan fingerprint density at radius 2 is 2.19 bits per heavy atom. The number of benzene rings is 1. The molecule has 0 bridgehead atoms. The molecular formula is C12H13ClO2S. The molecule has 1 aromatic carbocycles. The number of carboxylic acids is 1. The zero-order valence-corrected chi connectivity index (χ0v) is 10.8. The van der Waals surface area contributed by atoms with E-state index in [4.69, 9.17) is 16.7 Å². The van der Waals surface area contributed by atoms with Crippen molar-refractivity contribution in [1.82, 2.24) is 0 Å². The first-order chi connectivity index (χ1) is 7.43. The predicted molar refractivity (Wildman–Crippen MR) is 66.8 cm³/mol. The lowest BCUT2D eigenvalue weighted by Gasteiger charge is -2.32. The molecule has 0 atom stereocenters. The lowest BCUT2D eigenvalue weighted by Crippen LogP contribution is -2.23. The van der Waals surface area contributed by atoms with Crippen molar-refractivity contribution in [3.63, 3.8) is 0 Å². The van der Waals surface area contributed by atoms with E-state index in [0.29, 0.717) is 5.02 Å². The predicted octanol–water partition coefficient (Wildman–Crippen LogP) is 3.81. The second kappa shape index (κ2) is 3.97. The maximum absolute atomic E-state index is 11.0. The number of fused-ring (bicyclic) bond motifs is 1. The van der Waals surface area contributed by atoms with Gasteiger partial charge in [-0.3, -0.25) is 0 Å². The Labute approximate surface area is 104 Å². The lowest BCUT2D eigenvalue weighted by molar-refractivity contribution is 0.0696. The van der Waals surface area contributed by atoms with E-state index in [2.05, 4.69) is 13.8 Å². The monoisotopic (exact) mass is 256 g/mol. The Kier molecular flexibility index (Phi) is 2.93. The molecule has 0 aliphatic carbocycles. The summed E-state index contributed by atoms with van der Waals surface area (Å²) in [5.74, 6) is 0.0276. The zero-order chi connectivity index (χ0) is 11.9. The maximum Gasteiger partial charge on any atom is 0.337 e. The second-order valence-corrected chi connectivity index (χ2v) is 6.07. The number of rotatable bonds is 1. The third-order valence-electron chi connectivity index (χ3n) is 3.03. The summed E-state index contributed by atoms with van der Waals surface area (Å²) in [6.45, 7) is 4.34. The van der Waals surface area contributed by atoms with Gasteiger partial charge in [0.1, 0.15) is 0 Å². The number of thioether (sulfide) groups is 1. The second-order valence-electron chi connectivity index (χ2n) is 4.59. The molecular weight excluding hydrogens is 244 g/mol. The number of carbonyl (C=O) groups is 1. The fourth-order valence-electron chi connectivity index (χ4n) is 1.94. The Morgan fingerprint density at radius 3 is 2.81 bits per heavy atom. The van der Waals surface area contributed by atoms with Crippen LogP contribution >= 0.6 is 23.4 Å². The lowest BCUT2D eigenvalue weighted by atomic mass is 9.81. The molecule has 2 rings (SSSR count). The summed E-state index contributed by atoms with van der Waals surface area (Å²) in [6.07, 6.45) is 1.09. The number of carboxylic acid groups (broad SMARTS) is 1. The van der Waals surface area contributed by atoms with Crippen molar-refractivity contribution < 1.29 is 9.90 Å². The molecule has 0 fully saturated rings. The summed E-state index contributed by atoms with van der Waals surface area (Å²) in [5, 5.41) is 9.40. The topological polar surface area (TPSA) is 37.3 Å². The van der Waals surface area contributed by atoms with Crippen LogP contribution in [-0.4, -0.2) is 16.8 Å². The van der Waals surface area contributed by atoms with Gasteiger partial charge in [-0.05, 0) is 29.2 Å². The quantitative estimate of drug-likeness (QED) is 0.830. The zero-order valence-electron chi connectivity index (χ0n) is 9.21. The number of hydrogen-bond donors (Lipinski definition) is 1. The molecule has 4 heteroatoms. The Hall–Kier alpha value is -0.670. The molecule has 0 unspecified atom stereocenters. The highest BCUT2D eigenvalue weighted by Crippen LogP contribution is 2.45. The number of aromatic carboxylic acids is 1. The van der Waals surface area contributed by atoms with Crippen LogP contribution in [0.15, 0.2) is 17.0 Å². The molecule has 0 saturated carbocycles. The van der Waals surface area contributed by atoms with Gasteiger partial charge in [0.25, 0.3) is 0 Å². The molecule has 0 aromatic heterocycles. The molecule has 1 aromatic rings. The van der Waals surface area contributed by atoms with Crippen LogP contribution in [0.2, 0.25) is 5.02 Å². The minimum absolute atomic E-state index is 0.0846. The normalized spacial score (nSPS) is 17.9. The van der Waals surface area contributed by atoms with Crippen LogP contribution in [0.25, 0.3) is 0 Å². The van der Waals surface area contributed by atoms with Crippen LogP contribution in [-0.2, 0) is 5.41 Å². The van der Waals surface area contributed by atoms with Crippen LogP contribution in [0.1, 0.15) is 36.2 Å². The van der Waals surface area contributed by atoms with Gasteiger partial charge in [-0.25, -0.2) is 4.79 Å². The van der Waals surface area contributed by atoms with E-state index in [-0.39, 0.29) is 11.0 Å². The number of halogens is 1. The molecule has 0 spiro atoms. The van der Waals surface area contributed by atoms with E-state index in [1.807, 2.05) is 6.07 Å². The summed E-state index contributed by atoms with van der Waals surface area (Å²) in [5.41, 5.74) is 1.45. The highest BCUT2D eigenvalue weighted by molar-refractivity contribution is 7.99. The van der Waals surface area contributed by atoms with Crippen molar-refractivity contribution in [1.29, 1.82) is 0 Å². The average Bonchev–Trinajstić information content (AvgIpc) is 2.18. The SMILES string of the molecule is CC1(C)CCSc2c1ccc(C(=O)O)c2Cl. The van der Waals surface area contributed by atoms with Crippen molar-refractivity contribution in [2.45, 2.75) is 30.6 Å². The summed E-state index contributed by atoms with van der Waals surface area (Å²) >= 11 is 7.80. The van der Waals surface area contributed by atoms with Gasteiger partial charge in [-0.2, -0.15) is 0 Å². The average molecular weight is 257 g/mol. The molecule has 1 aliphatic rings. The summed E-state index contributed by atoms with van der Waals surface area (Å²) in [6, 6.07) is 3.51. The van der Waals surface area contributed by atoms with Crippen molar-refractivity contribution in [2.75, 3.05) is 5.75 Å². The fourth-order valence-corrected chi connectivity index (χ4v) is 3.90. The van der Waals surface area contributed by atoms with E-state index in [9.17, 15) is 4.79 Å². The van der Waals surface area contributed by atoms with E-state index in [1.165, 1.54) is 5.56 Å². The third kappa shape index (κ3) is 1.82. The standard InChI is InChI=1S/C12H13ClO2S/c1-12(2)5-6-16-10-8(12)4-3-7(9(10)13)11(14)15/h3-4H,5-6H2,1-2H3,(H,14,15). The Balaban J connectivity index is 2.62. The van der Waals surface area contributed by atoms with Crippen molar-refractivity contribution in [3.8, 4) is 0 Å². The van der Waals surface area contributed by atoms with Gasteiger partial charge < -0.3 is 5.11 Å². The van der Waals surface area contributed by atoms with E-state index >= 15 is 0 Å². The number of hydrogen-bond acceptors (Lipinski definition) is 2. The molecule has 2 nitrogen and oxygen atoms in total. The molecule has 0 saturated heterocycles. The first-order valence-electron chi connectivity index (χ1n) is 5.12. The minimum atomic E-state index is -0.961. The van der Waals surface area contributed by atoms with Crippen LogP contribution in [0.3, 0.4) is 0 Å².